The molecule has 3 aliphatic heterocycles. The highest BCUT2D eigenvalue weighted by molar-refractivity contribution is 5.87. The summed E-state index contributed by atoms with van der Waals surface area (Å²) in [6, 6.07) is 7.94. The average molecular weight is 599 g/mol. The number of alkyl halides is 2. The molecule has 3 saturated heterocycles. The standard InChI is InChI=1S/C29H36F2N8O4/c1-29(2,3)43-28(41)38-10-6-9-21(38)26(40)37-16-18(17-37)32-27-34-22(36-11-13-42-14-12-36)15-23(35-27)39-20-8-5-4-7-19(20)33-25(39)24(30)31/h4-5,7-8,15,18,21,24H,6,9-14,16-17H2,1-3H3,(H,32,34,35)/t21-/m0/s1. The van der Waals surface area contributed by atoms with Crippen LogP contribution in [0.15, 0.2) is 30.3 Å². The number of anilines is 2. The Morgan fingerprint density at radius 1 is 1.05 bits per heavy atom. The van der Waals surface area contributed by atoms with E-state index in [4.69, 9.17) is 14.5 Å². The molecule has 1 aromatic carbocycles. The minimum atomic E-state index is -2.81. The number of morpholine rings is 1. The van der Waals surface area contributed by atoms with Crippen molar-refractivity contribution in [2.75, 3.05) is 56.2 Å². The van der Waals surface area contributed by atoms with E-state index < -0.39 is 30.0 Å². The number of benzene rings is 1. The Hall–Kier alpha value is -4.07. The van der Waals surface area contributed by atoms with Gasteiger partial charge < -0.3 is 24.6 Å². The van der Waals surface area contributed by atoms with Crippen LogP contribution in [-0.2, 0) is 14.3 Å². The molecule has 0 unspecified atom stereocenters. The number of ether oxygens (including phenoxy) is 2. The molecule has 1 N–H and O–H groups in total. The molecule has 2 aromatic heterocycles. The van der Waals surface area contributed by atoms with E-state index in [2.05, 4.69) is 15.3 Å². The topological polar surface area (TPSA) is 118 Å². The third-order valence-electron chi connectivity index (χ3n) is 7.74. The van der Waals surface area contributed by atoms with Gasteiger partial charge in [0.05, 0.1) is 30.3 Å². The maximum Gasteiger partial charge on any atom is 0.410 e. The number of carbonyl (C=O) groups is 2. The number of hydrogen-bond acceptors (Lipinski definition) is 9. The fourth-order valence-electron chi connectivity index (χ4n) is 5.69. The minimum absolute atomic E-state index is 0.114. The smallest absolute Gasteiger partial charge is 0.410 e. The van der Waals surface area contributed by atoms with Crippen molar-refractivity contribution in [2.24, 2.45) is 0 Å². The quantitative estimate of drug-likeness (QED) is 0.454. The van der Waals surface area contributed by atoms with Gasteiger partial charge in [-0.15, -0.1) is 0 Å². The van der Waals surface area contributed by atoms with E-state index >= 15 is 0 Å². The Labute approximate surface area is 248 Å². The molecule has 43 heavy (non-hydrogen) atoms. The van der Waals surface area contributed by atoms with Gasteiger partial charge in [0, 0.05) is 38.8 Å². The molecule has 2 amide bonds. The Kier molecular flexibility index (Phi) is 7.79. The number of nitrogens with one attached hydrogen (secondary N) is 1. The third-order valence-corrected chi connectivity index (χ3v) is 7.74. The van der Waals surface area contributed by atoms with Crippen LogP contribution in [-0.4, -0.2) is 105 Å². The maximum absolute atomic E-state index is 14.1. The second-order valence-corrected chi connectivity index (χ2v) is 12.0. The highest BCUT2D eigenvalue weighted by atomic mass is 19.3. The lowest BCUT2D eigenvalue weighted by molar-refractivity contribution is -0.139. The van der Waals surface area contributed by atoms with E-state index in [1.54, 1.807) is 56.0 Å². The summed E-state index contributed by atoms with van der Waals surface area (Å²) in [5.74, 6) is 0.612. The molecule has 3 aromatic rings. The van der Waals surface area contributed by atoms with Gasteiger partial charge in [-0.2, -0.15) is 9.97 Å². The number of nitrogens with zero attached hydrogens (tertiary/aromatic N) is 7. The number of rotatable bonds is 6. The van der Waals surface area contributed by atoms with Gasteiger partial charge in [0.25, 0.3) is 6.43 Å². The van der Waals surface area contributed by atoms with Crippen LogP contribution in [0.1, 0.15) is 45.9 Å². The molecule has 6 rings (SSSR count). The molecule has 3 aliphatic rings. The number of aromatic nitrogens is 4. The molecule has 0 radical (unpaired) electrons. The molecular weight excluding hydrogens is 562 g/mol. The van der Waals surface area contributed by atoms with Crippen LogP contribution in [0.5, 0.6) is 0 Å². The summed E-state index contributed by atoms with van der Waals surface area (Å²) >= 11 is 0. The molecule has 0 saturated carbocycles. The van der Waals surface area contributed by atoms with Crippen molar-refractivity contribution >= 4 is 34.8 Å². The molecule has 5 heterocycles. The summed E-state index contributed by atoms with van der Waals surface area (Å²) in [4.78, 5) is 44.8. The summed E-state index contributed by atoms with van der Waals surface area (Å²) < 4.78 is 40.7. The fourth-order valence-corrected chi connectivity index (χ4v) is 5.69. The van der Waals surface area contributed by atoms with Crippen LogP contribution in [0, 0.1) is 0 Å². The molecule has 12 nitrogen and oxygen atoms in total. The SMILES string of the molecule is CC(C)(C)OC(=O)N1CCC[C@H]1C(=O)N1CC(Nc2nc(N3CCOCC3)cc(-n3c(C(F)F)nc4ccccc43)n2)C1. The first kappa shape index (κ1) is 29.0. The van der Waals surface area contributed by atoms with Crippen LogP contribution in [0.2, 0.25) is 0 Å². The van der Waals surface area contributed by atoms with Crippen LogP contribution in [0.3, 0.4) is 0 Å². The van der Waals surface area contributed by atoms with Crippen molar-refractivity contribution in [2.45, 2.75) is 57.7 Å². The summed E-state index contributed by atoms with van der Waals surface area (Å²) in [6.07, 6.45) is -1.96. The zero-order chi connectivity index (χ0) is 30.3. The summed E-state index contributed by atoms with van der Waals surface area (Å²) in [7, 11) is 0. The lowest BCUT2D eigenvalue weighted by Gasteiger charge is -2.42. The predicted octanol–water partition coefficient (Wildman–Crippen LogP) is 3.61. The van der Waals surface area contributed by atoms with Gasteiger partial charge in [-0.25, -0.2) is 18.6 Å². The van der Waals surface area contributed by atoms with E-state index in [0.29, 0.717) is 69.2 Å². The number of likely N-dealkylation sites (tertiary alicyclic amines) is 2. The van der Waals surface area contributed by atoms with Crippen molar-refractivity contribution in [1.82, 2.24) is 29.3 Å². The van der Waals surface area contributed by atoms with Crippen molar-refractivity contribution < 1.29 is 27.8 Å². The predicted molar refractivity (Wildman–Crippen MR) is 155 cm³/mol. The lowest BCUT2D eigenvalue weighted by atomic mass is 10.1. The summed E-state index contributed by atoms with van der Waals surface area (Å²) in [5, 5.41) is 3.30. The Morgan fingerprint density at radius 2 is 1.77 bits per heavy atom. The van der Waals surface area contributed by atoms with Crippen LogP contribution < -0.4 is 10.2 Å². The van der Waals surface area contributed by atoms with Gasteiger partial charge in [0.1, 0.15) is 23.3 Å². The molecule has 0 spiro atoms. The van der Waals surface area contributed by atoms with Crippen molar-refractivity contribution in [3.05, 3.63) is 36.2 Å². The second-order valence-electron chi connectivity index (χ2n) is 12.0. The van der Waals surface area contributed by atoms with Gasteiger partial charge in [0.2, 0.25) is 11.9 Å². The Morgan fingerprint density at radius 3 is 2.49 bits per heavy atom. The third kappa shape index (κ3) is 6.05. The zero-order valence-electron chi connectivity index (χ0n) is 24.5. The van der Waals surface area contributed by atoms with Crippen LogP contribution in [0.25, 0.3) is 16.9 Å². The Balaban J connectivity index is 1.21. The second kappa shape index (κ2) is 11.5. The number of halogens is 2. The maximum atomic E-state index is 14.1. The van der Waals surface area contributed by atoms with Gasteiger partial charge in [0.15, 0.2) is 5.82 Å². The molecule has 230 valence electrons. The molecule has 0 bridgehead atoms. The molecular formula is C29H36F2N8O4. The lowest BCUT2D eigenvalue weighted by Crippen LogP contribution is -2.61. The van der Waals surface area contributed by atoms with E-state index in [-0.39, 0.29) is 23.7 Å². The molecule has 0 aliphatic carbocycles. The van der Waals surface area contributed by atoms with E-state index in [9.17, 15) is 18.4 Å². The molecule has 14 heteroatoms. The first-order valence-electron chi connectivity index (χ1n) is 14.6. The fraction of sp³-hybridized carbons (Fsp3) is 0.552. The number of fused-ring (bicyclic) bond motifs is 1. The first-order chi connectivity index (χ1) is 20.6. The van der Waals surface area contributed by atoms with E-state index in [1.807, 2.05) is 4.90 Å². The summed E-state index contributed by atoms with van der Waals surface area (Å²) in [5.41, 5.74) is 0.313. The zero-order valence-corrected chi connectivity index (χ0v) is 24.5. The van der Waals surface area contributed by atoms with Crippen LogP contribution >= 0.6 is 0 Å². The first-order valence-corrected chi connectivity index (χ1v) is 14.6. The number of carbonyl (C=O) groups excluding carboxylic acids is 2. The highest BCUT2D eigenvalue weighted by Crippen LogP contribution is 2.30. The van der Waals surface area contributed by atoms with Crippen molar-refractivity contribution in [1.29, 1.82) is 0 Å². The van der Waals surface area contributed by atoms with Crippen molar-refractivity contribution in [3.8, 4) is 5.82 Å². The van der Waals surface area contributed by atoms with Gasteiger partial charge in [-0.1, -0.05) is 12.1 Å². The normalized spacial score (nSPS) is 19.7. The minimum Gasteiger partial charge on any atom is -0.444 e. The number of imidazole rings is 1. The Bertz CT molecular complexity index is 1500. The monoisotopic (exact) mass is 598 g/mol. The molecule has 1 atom stereocenters. The van der Waals surface area contributed by atoms with Crippen molar-refractivity contribution in [3.63, 3.8) is 0 Å². The van der Waals surface area contributed by atoms with E-state index in [0.717, 1.165) is 6.42 Å². The average Bonchev–Trinajstić information content (AvgIpc) is 3.60. The largest absolute Gasteiger partial charge is 0.444 e. The van der Waals surface area contributed by atoms with Gasteiger partial charge in [-0.3, -0.25) is 14.3 Å². The number of para-hydroxylation sites is 2. The number of hydrogen-bond donors (Lipinski definition) is 1. The highest BCUT2D eigenvalue weighted by Gasteiger charge is 2.42. The summed E-state index contributed by atoms with van der Waals surface area (Å²) in [6.45, 7) is 8.93. The number of amides is 2. The van der Waals surface area contributed by atoms with E-state index in [1.165, 1.54) is 9.47 Å². The molecule has 3 fully saturated rings. The van der Waals surface area contributed by atoms with Crippen LogP contribution in [0.4, 0.5) is 25.3 Å². The van der Waals surface area contributed by atoms with Gasteiger partial charge >= 0.3 is 6.09 Å². The van der Waals surface area contributed by atoms with Gasteiger partial charge in [-0.05, 0) is 45.7 Å².